The van der Waals surface area contributed by atoms with Crippen LogP contribution in [0.4, 0.5) is 0 Å². The fourth-order valence-electron chi connectivity index (χ4n) is 6.58. The SMILES string of the molecule is [2H]c1c([2H])c([2H])c(-c2ccc3c4c([2H])c([2H])c([2H])c([2H])c4n(-c4nc(-c5cccc(-c6ccccc6)c5)nc(-c5cccc6c5sc5ccccc56)n4)c3c2)c([2H])c1[2H]. The first-order chi connectivity index (χ1) is 28.5. The largest absolute Gasteiger partial charge is 0.278 e. The van der Waals surface area contributed by atoms with Crippen molar-refractivity contribution in [3.8, 4) is 51.0 Å². The minimum absolute atomic E-state index is 0.0274. The van der Waals surface area contributed by atoms with Crippen LogP contribution in [0.15, 0.2) is 170 Å². The Morgan fingerprint density at radius 2 is 1.18 bits per heavy atom. The Hall–Kier alpha value is -6.43. The Balaban J connectivity index is 1.32. The van der Waals surface area contributed by atoms with Crippen LogP contribution in [-0.4, -0.2) is 19.5 Å². The van der Waals surface area contributed by atoms with E-state index >= 15 is 0 Å². The molecular formula is C45H28N4S. The Labute approximate surface area is 305 Å². The first-order valence-corrected chi connectivity index (χ1v) is 16.8. The van der Waals surface area contributed by atoms with E-state index in [1.807, 2.05) is 78.9 Å². The number of aromatic nitrogens is 4. The van der Waals surface area contributed by atoms with E-state index in [1.165, 1.54) is 0 Å². The monoisotopic (exact) mass is 665 g/mol. The van der Waals surface area contributed by atoms with Crippen molar-refractivity contribution >= 4 is 53.3 Å². The van der Waals surface area contributed by atoms with Crippen molar-refractivity contribution in [3.05, 3.63) is 170 Å². The minimum Gasteiger partial charge on any atom is -0.278 e. The molecule has 0 fully saturated rings. The van der Waals surface area contributed by atoms with Crippen molar-refractivity contribution in [1.29, 1.82) is 0 Å². The Morgan fingerprint density at radius 1 is 0.460 bits per heavy atom. The number of hydrogen-bond donors (Lipinski definition) is 0. The zero-order valence-electron chi connectivity index (χ0n) is 35.2. The molecule has 0 radical (unpaired) electrons. The zero-order chi connectivity index (χ0) is 40.9. The minimum atomic E-state index is -0.516. The first-order valence-electron chi connectivity index (χ1n) is 20.5. The quantitative estimate of drug-likeness (QED) is 0.184. The van der Waals surface area contributed by atoms with Gasteiger partial charge in [-0.2, -0.15) is 9.97 Å². The van der Waals surface area contributed by atoms with Gasteiger partial charge in [-0.15, -0.1) is 11.3 Å². The Bertz CT molecular complexity index is 3370. The molecule has 0 atom stereocenters. The summed E-state index contributed by atoms with van der Waals surface area (Å²) in [5.74, 6) is 0.722. The molecule has 0 spiro atoms. The van der Waals surface area contributed by atoms with Gasteiger partial charge < -0.3 is 0 Å². The van der Waals surface area contributed by atoms with Gasteiger partial charge in [-0.05, 0) is 52.6 Å². The van der Waals surface area contributed by atoms with Gasteiger partial charge in [0.2, 0.25) is 5.95 Å². The van der Waals surface area contributed by atoms with E-state index in [-0.39, 0.29) is 52.1 Å². The highest BCUT2D eigenvalue weighted by Gasteiger charge is 2.20. The van der Waals surface area contributed by atoms with Gasteiger partial charge in [0.1, 0.15) is 0 Å². The number of fused-ring (bicyclic) bond motifs is 6. The molecule has 0 aliphatic rings. The second-order valence-electron chi connectivity index (χ2n) is 11.8. The first kappa shape index (κ1) is 20.8. The second-order valence-corrected chi connectivity index (χ2v) is 12.9. The third-order valence-corrected chi connectivity index (χ3v) is 10.1. The molecule has 10 aromatic rings. The van der Waals surface area contributed by atoms with Crippen LogP contribution >= 0.6 is 11.3 Å². The van der Waals surface area contributed by atoms with Crippen molar-refractivity contribution in [3.63, 3.8) is 0 Å². The van der Waals surface area contributed by atoms with E-state index in [1.54, 1.807) is 34.1 Å². The van der Waals surface area contributed by atoms with Crippen molar-refractivity contribution in [1.82, 2.24) is 19.5 Å². The van der Waals surface area contributed by atoms with E-state index in [2.05, 4.69) is 18.2 Å². The molecule has 0 N–H and O–H groups in total. The number of rotatable bonds is 5. The van der Waals surface area contributed by atoms with Gasteiger partial charge >= 0.3 is 0 Å². The molecule has 5 heteroatoms. The lowest BCUT2D eigenvalue weighted by Gasteiger charge is -2.12. The normalized spacial score (nSPS) is 14.1. The molecule has 3 aromatic heterocycles. The average molecular weight is 666 g/mol. The lowest BCUT2D eigenvalue weighted by molar-refractivity contribution is 0.954. The standard InChI is InChI=1S/C45H28N4S/c1-3-13-29(14-4-1)31-17-11-18-33(27-31)43-46-44(38-22-12-21-37-36-20-8-10-24-41(36)50-42(37)38)48-45(47-43)49-39-23-9-7-19-34(39)35-26-25-32(28-40(35)49)30-15-5-2-6-16-30/h1-28H/i2D,5D,6D,7D,9D,15D,16D,19D,23D. The predicted octanol–water partition coefficient (Wildman–Crippen LogP) is 12.0. The topological polar surface area (TPSA) is 43.6 Å². The highest BCUT2D eigenvalue weighted by molar-refractivity contribution is 7.26. The predicted molar refractivity (Wildman–Crippen MR) is 209 cm³/mol. The Kier molecular flexibility index (Phi) is 4.84. The number of benzene rings is 7. The summed E-state index contributed by atoms with van der Waals surface area (Å²) in [4.78, 5) is 15.3. The van der Waals surface area contributed by atoms with Crippen LogP contribution in [0.2, 0.25) is 0 Å². The maximum Gasteiger partial charge on any atom is 0.238 e. The third kappa shape index (κ3) is 4.71. The van der Waals surface area contributed by atoms with Crippen molar-refractivity contribution in [2.45, 2.75) is 0 Å². The van der Waals surface area contributed by atoms with Gasteiger partial charge in [0.25, 0.3) is 0 Å². The van der Waals surface area contributed by atoms with Gasteiger partial charge in [-0.3, -0.25) is 4.57 Å². The molecule has 0 aliphatic carbocycles. The molecule has 0 aliphatic heterocycles. The van der Waals surface area contributed by atoms with E-state index < -0.39 is 30.2 Å². The van der Waals surface area contributed by atoms with Crippen molar-refractivity contribution in [2.24, 2.45) is 0 Å². The van der Waals surface area contributed by atoms with E-state index in [0.29, 0.717) is 28.1 Å². The highest BCUT2D eigenvalue weighted by atomic mass is 32.1. The molecule has 0 bridgehead atoms. The summed E-state index contributed by atoms with van der Waals surface area (Å²) in [6, 6.07) is 33.1. The number of para-hydroxylation sites is 1. The van der Waals surface area contributed by atoms with Crippen molar-refractivity contribution in [2.75, 3.05) is 0 Å². The molecule has 234 valence electrons. The summed E-state index contributed by atoms with van der Waals surface area (Å²) < 4.78 is 81.6. The number of thiophene rings is 1. The molecule has 0 saturated heterocycles. The molecule has 4 nitrogen and oxygen atoms in total. The molecule has 0 unspecified atom stereocenters. The van der Waals surface area contributed by atoms with E-state index in [4.69, 9.17) is 25.9 Å². The maximum absolute atomic E-state index is 9.23. The fraction of sp³-hybridized carbons (Fsp3) is 0. The molecule has 7 aromatic carbocycles. The van der Waals surface area contributed by atoms with E-state index in [0.717, 1.165) is 36.9 Å². The molecule has 50 heavy (non-hydrogen) atoms. The summed E-state index contributed by atoms with van der Waals surface area (Å²) in [6.45, 7) is 0. The molecule has 0 amide bonds. The van der Waals surface area contributed by atoms with Gasteiger partial charge in [-0.25, -0.2) is 4.98 Å². The smallest absolute Gasteiger partial charge is 0.238 e. The molecule has 0 saturated carbocycles. The highest BCUT2D eigenvalue weighted by Crippen LogP contribution is 2.40. The zero-order valence-corrected chi connectivity index (χ0v) is 27.0. The molecular weight excluding hydrogens is 629 g/mol. The van der Waals surface area contributed by atoms with Crippen LogP contribution in [0.1, 0.15) is 12.3 Å². The molecule has 10 rings (SSSR count). The average Bonchev–Trinajstić information content (AvgIpc) is 3.83. The van der Waals surface area contributed by atoms with Crippen LogP contribution in [0.3, 0.4) is 0 Å². The van der Waals surface area contributed by atoms with Crippen LogP contribution in [0.5, 0.6) is 0 Å². The third-order valence-electron chi connectivity index (χ3n) is 8.88. The maximum atomic E-state index is 9.23. The molecule has 3 heterocycles. The van der Waals surface area contributed by atoms with Gasteiger partial charge in [0.15, 0.2) is 11.6 Å². The summed E-state index contributed by atoms with van der Waals surface area (Å²) >= 11 is 1.62. The van der Waals surface area contributed by atoms with Gasteiger partial charge in [0.05, 0.1) is 23.4 Å². The fourth-order valence-corrected chi connectivity index (χ4v) is 7.79. The number of nitrogens with zero attached hydrogens (tertiary/aromatic N) is 4. The Morgan fingerprint density at radius 3 is 2.10 bits per heavy atom. The number of hydrogen-bond acceptors (Lipinski definition) is 4. The van der Waals surface area contributed by atoms with Gasteiger partial charge in [0, 0.05) is 42.1 Å². The summed E-state index contributed by atoms with van der Waals surface area (Å²) in [7, 11) is 0. The van der Waals surface area contributed by atoms with Crippen LogP contribution in [-0.2, 0) is 0 Å². The van der Waals surface area contributed by atoms with E-state index in [9.17, 15) is 1.37 Å². The van der Waals surface area contributed by atoms with Crippen LogP contribution < -0.4 is 0 Å². The van der Waals surface area contributed by atoms with Crippen LogP contribution in [0.25, 0.3) is 93.0 Å². The van der Waals surface area contributed by atoms with Crippen LogP contribution in [0, 0.1) is 0 Å². The summed E-state index contributed by atoms with van der Waals surface area (Å²) in [6.07, 6.45) is 0. The second kappa shape index (κ2) is 11.6. The lowest BCUT2D eigenvalue weighted by atomic mass is 10.0. The van der Waals surface area contributed by atoms with Crippen molar-refractivity contribution < 1.29 is 12.3 Å². The summed E-state index contributed by atoms with van der Waals surface area (Å²) in [5, 5.41) is 2.79. The van der Waals surface area contributed by atoms with Gasteiger partial charge in [-0.1, -0.05) is 139 Å². The lowest BCUT2D eigenvalue weighted by Crippen LogP contribution is -2.06. The summed E-state index contributed by atoms with van der Waals surface area (Å²) in [5.41, 5.74) is 4.08.